The van der Waals surface area contributed by atoms with Crippen LogP contribution in [0.5, 0.6) is 0 Å². The molecule has 3 atom stereocenters. The van der Waals surface area contributed by atoms with E-state index in [2.05, 4.69) is 55.2 Å². The Morgan fingerprint density at radius 3 is 2.55 bits per heavy atom. The molecule has 1 aromatic rings. The standard InChI is InChI=1S/C18H27NS/c1-3-19-18-16-11-7-6-10-15(16)13(2)12-17(18)20-14-8-4-5-9-14/h6-7,10-11,13-14,17-19H,3-5,8-9,12H2,1-2H3. The van der Waals surface area contributed by atoms with Gasteiger partial charge in [0.25, 0.3) is 0 Å². The Hall–Kier alpha value is -0.470. The Balaban J connectivity index is 1.82. The number of thioether (sulfide) groups is 1. The first-order valence-electron chi connectivity index (χ1n) is 8.27. The molecule has 1 aromatic carbocycles. The third kappa shape index (κ3) is 2.92. The van der Waals surface area contributed by atoms with Crippen LogP contribution in [0.1, 0.15) is 69.0 Å². The largest absolute Gasteiger partial charge is 0.309 e. The molecule has 1 saturated carbocycles. The predicted molar refractivity (Wildman–Crippen MR) is 89.5 cm³/mol. The van der Waals surface area contributed by atoms with Crippen molar-refractivity contribution in [2.45, 2.75) is 68.4 Å². The van der Waals surface area contributed by atoms with Crippen molar-refractivity contribution in [1.29, 1.82) is 0 Å². The molecule has 0 aromatic heterocycles. The van der Waals surface area contributed by atoms with Crippen LogP contribution >= 0.6 is 11.8 Å². The summed E-state index contributed by atoms with van der Waals surface area (Å²) in [6.45, 7) is 5.70. The highest BCUT2D eigenvalue weighted by atomic mass is 32.2. The van der Waals surface area contributed by atoms with Gasteiger partial charge in [0, 0.05) is 16.5 Å². The molecule has 0 bridgehead atoms. The van der Waals surface area contributed by atoms with Gasteiger partial charge >= 0.3 is 0 Å². The van der Waals surface area contributed by atoms with Gasteiger partial charge in [-0.2, -0.15) is 11.8 Å². The van der Waals surface area contributed by atoms with E-state index in [0.717, 1.165) is 17.0 Å². The van der Waals surface area contributed by atoms with Crippen LogP contribution < -0.4 is 5.32 Å². The number of nitrogens with one attached hydrogen (secondary N) is 1. The molecule has 2 aliphatic rings. The van der Waals surface area contributed by atoms with Crippen molar-refractivity contribution in [3.8, 4) is 0 Å². The second-order valence-electron chi connectivity index (χ2n) is 6.38. The summed E-state index contributed by atoms with van der Waals surface area (Å²) in [4.78, 5) is 0. The lowest BCUT2D eigenvalue weighted by Gasteiger charge is -2.38. The summed E-state index contributed by atoms with van der Waals surface area (Å²) >= 11 is 2.28. The Bertz CT molecular complexity index is 439. The zero-order valence-electron chi connectivity index (χ0n) is 12.8. The van der Waals surface area contributed by atoms with Crippen LogP contribution in [0, 0.1) is 0 Å². The Kier molecular flexibility index (Phi) is 4.72. The van der Waals surface area contributed by atoms with E-state index >= 15 is 0 Å². The lowest BCUT2D eigenvalue weighted by Crippen LogP contribution is -2.36. The molecule has 1 N–H and O–H groups in total. The minimum atomic E-state index is 0.554. The SMILES string of the molecule is CCNC1c2ccccc2C(C)CC1SC1CCCC1. The van der Waals surface area contributed by atoms with E-state index in [1.807, 2.05) is 0 Å². The van der Waals surface area contributed by atoms with Gasteiger partial charge in [-0.25, -0.2) is 0 Å². The maximum atomic E-state index is 3.76. The van der Waals surface area contributed by atoms with Crippen molar-refractivity contribution in [3.63, 3.8) is 0 Å². The predicted octanol–water partition coefficient (Wildman–Crippen LogP) is 4.89. The van der Waals surface area contributed by atoms with Crippen molar-refractivity contribution in [3.05, 3.63) is 35.4 Å². The Morgan fingerprint density at radius 1 is 1.15 bits per heavy atom. The number of hydrogen-bond acceptors (Lipinski definition) is 2. The molecule has 0 radical (unpaired) electrons. The van der Waals surface area contributed by atoms with Crippen molar-refractivity contribution < 1.29 is 0 Å². The maximum Gasteiger partial charge on any atom is 0.0443 e. The highest BCUT2D eigenvalue weighted by Crippen LogP contribution is 2.46. The first-order valence-corrected chi connectivity index (χ1v) is 9.21. The Morgan fingerprint density at radius 2 is 1.85 bits per heavy atom. The van der Waals surface area contributed by atoms with Gasteiger partial charge in [0.2, 0.25) is 0 Å². The van der Waals surface area contributed by atoms with E-state index in [0.29, 0.717) is 12.0 Å². The van der Waals surface area contributed by atoms with E-state index in [1.54, 1.807) is 11.1 Å². The van der Waals surface area contributed by atoms with Crippen LogP contribution in [0.15, 0.2) is 24.3 Å². The molecule has 1 nitrogen and oxygen atoms in total. The molecular weight excluding hydrogens is 262 g/mol. The van der Waals surface area contributed by atoms with Gasteiger partial charge in [-0.15, -0.1) is 0 Å². The van der Waals surface area contributed by atoms with Crippen LogP contribution in [0.25, 0.3) is 0 Å². The van der Waals surface area contributed by atoms with E-state index in [-0.39, 0.29) is 0 Å². The molecule has 0 saturated heterocycles. The second kappa shape index (κ2) is 6.53. The summed E-state index contributed by atoms with van der Waals surface area (Å²) < 4.78 is 0. The fourth-order valence-corrected chi connectivity index (χ4v) is 5.82. The summed E-state index contributed by atoms with van der Waals surface area (Å²) in [5, 5.41) is 5.43. The third-order valence-electron chi connectivity index (χ3n) is 4.91. The molecule has 0 aliphatic heterocycles. The van der Waals surface area contributed by atoms with E-state index in [4.69, 9.17) is 0 Å². The van der Waals surface area contributed by atoms with Crippen molar-refractivity contribution >= 4 is 11.8 Å². The number of hydrogen-bond donors (Lipinski definition) is 1. The molecule has 1 fully saturated rings. The summed E-state index contributed by atoms with van der Waals surface area (Å²) in [6.07, 6.45) is 7.10. The fourth-order valence-electron chi connectivity index (χ4n) is 3.92. The highest BCUT2D eigenvalue weighted by molar-refractivity contribution is 8.00. The molecule has 110 valence electrons. The normalized spacial score (nSPS) is 30.4. The Labute approximate surface area is 127 Å². The van der Waals surface area contributed by atoms with E-state index in [9.17, 15) is 0 Å². The molecule has 3 unspecified atom stereocenters. The highest BCUT2D eigenvalue weighted by Gasteiger charge is 2.34. The van der Waals surface area contributed by atoms with Crippen LogP contribution in [0.4, 0.5) is 0 Å². The lowest BCUT2D eigenvalue weighted by atomic mass is 9.80. The monoisotopic (exact) mass is 289 g/mol. The number of benzene rings is 1. The van der Waals surface area contributed by atoms with E-state index < -0.39 is 0 Å². The average molecular weight is 289 g/mol. The maximum absolute atomic E-state index is 3.76. The lowest BCUT2D eigenvalue weighted by molar-refractivity contribution is 0.452. The van der Waals surface area contributed by atoms with E-state index in [1.165, 1.54) is 32.1 Å². The second-order valence-corrected chi connectivity index (χ2v) is 7.93. The quantitative estimate of drug-likeness (QED) is 0.847. The van der Waals surface area contributed by atoms with Gasteiger partial charge < -0.3 is 5.32 Å². The van der Waals surface area contributed by atoms with Gasteiger partial charge in [0.15, 0.2) is 0 Å². The fraction of sp³-hybridized carbons (Fsp3) is 0.667. The minimum absolute atomic E-state index is 0.554. The molecule has 2 heteroatoms. The topological polar surface area (TPSA) is 12.0 Å². The number of fused-ring (bicyclic) bond motifs is 1. The zero-order valence-corrected chi connectivity index (χ0v) is 13.6. The van der Waals surface area contributed by atoms with Gasteiger partial charge in [0.1, 0.15) is 0 Å². The van der Waals surface area contributed by atoms with Crippen LogP contribution in [0.3, 0.4) is 0 Å². The summed E-state index contributed by atoms with van der Waals surface area (Å²) in [6, 6.07) is 9.64. The third-order valence-corrected chi connectivity index (χ3v) is 6.58. The molecule has 20 heavy (non-hydrogen) atoms. The van der Waals surface area contributed by atoms with Crippen LogP contribution in [0.2, 0.25) is 0 Å². The molecule has 2 aliphatic carbocycles. The average Bonchev–Trinajstić information content (AvgIpc) is 2.96. The zero-order chi connectivity index (χ0) is 13.9. The van der Waals surface area contributed by atoms with Crippen molar-refractivity contribution in [1.82, 2.24) is 5.32 Å². The molecule has 3 rings (SSSR count). The first-order chi connectivity index (χ1) is 9.79. The summed E-state index contributed by atoms with van der Waals surface area (Å²) in [7, 11) is 0. The van der Waals surface area contributed by atoms with Crippen LogP contribution in [-0.2, 0) is 0 Å². The molecule has 0 amide bonds. The van der Waals surface area contributed by atoms with Gasteiger partial charge in [-0.1, -0.05) is 51.0 Å². The van der Waals surface area contributed by atoms with Gasteiger partial charge in [-0.05, 0) is 42.9 Å². The minimum Gasteiger partial charge on any atom is -0.309 e. The van der Waals surface area contributed by atoms with Gasteiger partial charge in [0.05, 0.1) is 0 Å². The first kappa shape index (κ1) is 14.5. The van der Waals surface area contributed by atoms with Crippen LogP contribution in [-0.4, -0.2) is 17.0 Å². The molecule has 0 spiro atoms. The molecule has 0 heterocycles. The summed E-state index contributed by atoms with van der Waals surface area (Å²) in [5.41, 5.74) is 3.13. The van der Waals surface area contributed by atoms with Crippen molar-refractivity contribution in [2.75, 3.05) is 6.54 Å². The number of rotatable bonds is 4. The smallest absolute Gasteiger partial charge is 0.0443 e. The van der Waals surface area contributed by atoms with Crippen molar-refractivity contribution in [2.24, 2.45) is 0 Å². The molecular formula is C18H27NS. The summed E-state index contributed by atoms with van der Waals surface area (Å²) in [5.74, 6) is 0.708. The van der Waals surface area contributed by atoms with Gasteiger partial charge in [-0.3, -0.25) is 0 Å².